The maximum atomic E-state index is 5.38. The van der Waals surface area contributed by atoms with Gasteiger partial charge in [-0.15, -0.1) is 0 Å². The van der Waals surface area contributed by atoms with Crippen LogP contribution in [0.2, 0.25) is 0 Å². The van der Waals surface area contributed by atoms with E-state index in [1.54, 1.807) is 0 Å². The van der Waals surface area contributed by atoms with Crippen molar-refractivity contribution in [1.82, 2.24) is 5.32 Å². The topological polar surface area (TPSA) is 24.1 Å². The molecule has 19 heavy (non-hydrogen) atoms. The molecule has 0 fully saturated rings. The molecule has 3 heteroatoms. The zero-order chi connectivity index (χ0) is 14.1. The number of benzene rings is 1. The van der Waals surface area contributed by atoms with E-state index in [4.69, 9.17) is 12.2 Å². The van der Waals surface area contributed by atoms with E-state index in [0.717, 1.165) is 17.2 Å². The largest absolute Gasteiger partial charge is 0.360 e. The molecule has 1 unspecified atom stereocenters. The van der Waals surface area contributed by atoms with Gasteiger partial charge in [-0.05, 0) is 43.6 Å². The first kappa shape index (κ1) is 16.0. The highest BCUT2D eigenvalue weighted by atomic mass is 32.1. The quantitative estimate of drug-likeness (QED) is 0.567. The van der Waals surface area contributed by atoms with Crippen LogP contribution in [0.5, 0.6) is 0 Å². The highest BCUT2D eigenvalue weighted by Crippen LogP contribution is 2.15. The van der Waals surface area contributed by atoms with Crippen LogP contribution in [0.15, 0.2) is 24.3 Å². The minimum atomic E-state index is 0.431. The summed E-state index contributed by atoms with van der Waals surface area (Å²) in [4.78, 5) is 0. The van der Waals surface area contributed by atoms with Crippen LogP contribution in [0.4, 0.5) is 5.69 Å². The Balaban J connectivity index is 2.42. The molecule has 2 nitrogen and oxygen atoms in total. The molecular weight excluding hydrogens is 252 g/mol. The number of anilines is 1. The summed E-state index contributed by atoms with van der Waals surface area (Å²) in [5, 5.41) is 7.39. The summed E-state index contributed by atoms with van der Waals surface area (Å²) in [6, 6.07) is 8.74. The van der Waals surface area contributed by atoms with Gasteiger partial charge < -0.3 is 10.6 Å². The van der Waals surface area contributed by atoms with Gasteiger partial charge in [0.25, 0.3) is 0 Å². The normalized spacial score (nSPS) is 11.9. The highest BCUT2D eigenvalue weighted by molar-refractivity contribution is 7.80. The van der Waals surface area contributed by atoms with Crippen molar-refractivity contribution in [2.24, 2.45) is 0 Å². The summed E-state index contributed by atoms with van der Waals surface area (Å²) in [6.45, 7) is 6.58. The van der Waals surface area contributed by atoms with E-state index >= 15 is 0 Å². The van der Waals surface area contributed by atoms with Gasteiger partial charge >= 0.3 is 0 Å². The van der Waals surface area contributed by atoms with Crippen LogP contribution < -0.4 is 10.6 Å². The van der Waals surface area contributed by atoms with Gasteiger partial charge in [0.1, 0.15) is 0 Å². The summed E-state index contributed by atoms with van der Waals surface area (Å²) < 4.78 is 0. The Morgan fingerprint density at radius 2 is 1.95 bits per heavy atom. The molecule has 1 rings (SSSR count). The van der Waals surface area contributed by atoms with Crippen LogP contribution in [0.1, 0.15) is 52.0 Å². The first-order valence-electron chi connectivity index (χ1n) is 7.32. The second kappa shape index (κ2) is 8.92. The molecule has 0 aromatic heterocycles. The Bertz CT molecular complexity index is 390. The molecule has 0 radical (unpaired) electrons. The van der Waals surface area contributed by atoms with Crippen molar-refractivity contribution in [2.75, 3.05) is 5.32 Å². The predicted octanol–water partition coefficient (Wildman–Crippen LogP) is 4.50. The average molecular weight is 278 g/mol. The van der Waals surface area contributed by atoms with Crippen LogP contribution in [-0.4, -0.2) is 11.2 Å². The first-order valence-corrected chi connectivity index (χ1v) is 7.73. The fraction of sp³-hybridized carbons (Fsp3) is 0.562. The fourth-order valence-electron chi connectivity index (χ4n) is 2.11. The molecule has 0 aliphatic heterocycles. The van der Waals surface area contributed by atoms with Crippen molar-refractivity contribution in [3.63, 3.8) is 0 Å². The molecule has 0 bridgehead atoms. The Hall–Kier alpha value is -1.09. The van der Waals surface area contributed by atoms with Gasteiger partial charge in [0.15, 0.2) is 5.11 Å². The molecule has 0 spiro atoms. The van der Waals surface area contributed by atoms with Crippen LogP contribution >= 0.6 is 12.2 Å². The molecule has 106 valence electrons. The summed E-state index contributed by atoms with van der Waals surface area (Å²) in [5.41, 5.74) is 2.41. The number of para-hydroxylation sites is 1. The van der Waals surface area contributed by atoms with Gasteiger partial charge in [0.2, 0.25) is 0 Å². The van der Waals surface area contributed by atoms with E-state index in [2.05, 4.69) is 49.6 Å². The molecule has 1 aromatic rings. The predicted molar refractivity (Wildman–Crippen MR) is 88.8 cm³/mol. The molecular formula is C16H26N2S. The number of hydrogen-bond donors (Lipinski definition) is 2. The SMILES string of the molecule is CCCCCC(C)NC(=S)Nc1ccccc1CC. The van der Waals surface area contributed by atoms with Gasteiger partial charge in [0, 0.05) is 11.7 Å². The Labute approximate surface area is 123 Å². The van der Waals surface area contributed by atoms with Crippen LogP contribution in [0.3, 0.4) is 0 Å². The second-order valence-corrected chi connectivity index (χ2v) is 5.41. The standard InChI is InChI=1S/C16H26N2S/c1-4-6-7-10-13(3)17-16(19)18-15-12-9-8-11-14(15)5-2/h8-9,11-13H,4-7,10H2,1-3H3,(H2,17,18,19). The maximum absolute atomic E-state index is 5.38. The van der Waals surface area contributed by atoms with Crippen molar-refractivity contribution in [1.29, 1.82) is 0 Å². The smallest absolute Gasteiger partial charge is 0.170 e. The van der Waals surface area contributed by atoms with Gasteiger partial charge in [-0.1, -0.05) is 51.3 Å². The number of thiocarbonyl (C=S) groups is 1. The van der Waals surface area contributed by atoms with Crippen molar-refractivity contribution < 1.29 is 0 Å². The molecule has 0 saturated carbocycles. The molecule has 0 amide bonds. The number of nitrogens with one attached hydrogen (secondary N) is 2. The van der Waals surface area contributed by atoms with Crippen LogP contribution in [0, 0.1) is 0 Å². The van der Waals surface area contributed by atoms with Gasteiger partial charge in [-0.2, -0.15) is 0 Å². The van der Waals surface area contributed by atoms with E-state index in [1.165, 1.54) is 31.2 Å². The molecule has 1 atom stereocenters. The van der Waals surface area contributed by atoms with E-state index in [0.29, 0.717) is 6.04 Å². The summed E-state index contributed by atoms with van der Waals surface area (Å²) >= 11 is 5.38. The lowest BCUT2D eigenvalue weighted by Crippen LogP contribution is -2.36. The molecule has 0 saturated heterocycles. The number of unbranched alkanes of at least 4 members (excludes halogenated alkanes) is 2. The summed E-state index contributed by atoms with van der Waals surface area (Å²) in [6.07, 6.45) is 6.01. The Kier molecular flexibility index (Phi) is 7.49. The number of rotatable bonds is 7. The third-order valence-corrected chi connectivity index (χ3v) is 3.48. The Morgan fingerprint density at radius 3 is 2.63 bits per heavy atom. The minimum absolute atomic E-state index is 0.431. The van der Waals surface area contributed by atoms with Gasteiger partial charge in [-0.25, -0.2) is 0 Å². The second-order valence-electron chi connectivity index (χ2n) is 5.01. The Morgan fingerprint density at radius 1 is 1.21 bits per heavy atom. The highest BCUT2D eigenvalue weighted by Gasteiger charge is 2.05. The van der Waals surface area contributed by atoms with Crippen molar-refractivity contribution in [3.8, 4) is 0 Å². The first-order chi connectivity index (χ1) is 9.17. The van der Waals surface area contributed by atoms with Crippen molar-refractivity contribution in [3.05, 3.63) is 29.8 Å². The lowest BCUT2D eigenvalue weighted by atomic mass is 10.1. The molecule has 0 aliphatic carbocycles. The minimum Gasteiger partial charge on any atom is -0.360 e. The maximum Gasteiger partial charge on any atom is 0.170 e. The molecule has 0 heterocycles. The molecule has 2 N–H and O–H groups in total. The van der Waals surface area contributed by atoms with E-state index < -0.39 is 0 Å². The van der Waals surface area contributed by atoms with Crippen molar-refractivity contribution in [2.45, 2.75) is 58.9 Å². The third-order valence-electron chi connectivity index (χ3n) is 3.26. The van der Waals surface area contributed by atoms with E-state index in [-0.39, 0.29) is 0 Å². The lowest BCUT2D eigenvalue weighted by Gasteiger charge is -2.18. The van der Waals surface area contributed by atoms with E-state index in [9.17, 15) is 0 Å². The zero-order valence-corrected chi connectivity index (χ0v) is 13.1. The molecule has 0 aliphatic rings. The van der Waals surface area contributed by atoms with Crippen LogP contribution in [0.25, 0.3) is 0 Å². The van der Waals surface area contributed by atoms with Crippen molar-refractivity contribution >= 4 is 23.0 Å². The lowest BCUT2D eigenvalue weighted by molar-refractivity contribution is 0.556. The van der Waals surface area contributed by atoms with Gasteiger partial charge in [-0.3, -0.25) is 0 Å². The van der Waals surface area contributed by atoms with E-state index in [1.807, 2.05) is 6.07 Å². The number of hydrogen-bond acceptors (Lipinski definition) is 1. The third kappa shape index (κ3) is 6.06. The fourth-order valence-corrected chi connectivity index (χ4v) is 2.42. The number of aryl methyl sites for hydroxylation is 1. The average Bonchev–Trinajstić information content (AvgIpc) is 2.39. The van der Waals surface area contributed by atoms with Crippen LogP contribution in [-0.2, 0) is 6.42 Å². The van der Waals surface area contributed by atoms with Gasteiger partial charge in [0.05, 0.1) is 0 Å². The summed E-state index contributed by atoms with van der Waals surface area (Å²) in [7, 11) is 0. The molecule has 1 aromatic carbocycles. The monoisotopic (exact) mass is 278 g/mol. The zero-order valence-electron chi connectivity index (χ0n) is 12.3. The summed E-state index contributed by atoms with van der Waals surface area (Å²) in [5.74, 6) is 0.